The zero-order valence-corrected chi connectivity index (χ0v) is 5.17. The molecule has 1 unspecified atom stereocenters. The Hall–Kier alpha value is -0.0800. The monoisotopic (exact) mass is 117 g/mol. The summed E-state index contributed by atoms with van der Waals surface area (Å²) in [5.41, 5.74) is 0. The van der Waals surface area contributed by atoms with Gasteiger partial charge < -0.3 is 10.2 Å². The fourth-order valence-electron chi connectivity index (χ4n) is 0.488. The maximum absolute atomic E-state index is 8.68. The van der Waals surface area contributed by atoms with Gasteiger partial charge in [0.2, 0.25) is 0 Å². The van der Waals surface area contributed by atoms with Gasteiger partial charge in [0.25, 0.3) is 0 Å². The standard InChI is InChI=1S/C6H13O2/c1-2-3-4-6(8)5-7/h5-8H,2-4H2,1H3. The van der Waals surface area contributed by atoms with Gasteiger partial charge in [0.15, 0.2) is 0 Å². The van der Waals surface area contributed by atoms with Gasteiger partial charge in [0.05, 0.1) is 6.10 Å². The number of aliphatic hydroxyl groups excluding tert-OH is 2. The van der Waals surface area contributed by atoms with Crippen LogP contribution in [0.3, 0.4) is 0 Å². The minimum Gasteiger partial charge on any atom is -0.390 e. The van der Waals surface area contributed by atoms with Gasteiger partial charge in [-0.2, -0.15) is 0 Å². The van der Waals surface area contributed by atoms with Crippen molar-refractivity contribution in [3.8, 4) is 0 Å². The van der Waals surface area contributed by atoms with E-state index in [-0.39, 0.29) is 0 Å². The molecule has 2 nitrogen and oxygen atoms in total. The second kappa shape index (κ2) is 5.06. The lowest BCUT2D eigenvalue weighted by molar-refractivity contribution is 0.134. The first-order chi connectivity index (χ1) is 3.81. The van der Waals surface area contributed by atoms with Crippen LogP contribution >= 0.6 is 0 Å². The first-order valence-corrected chi connectivity index (χ1v) is 2.97. The Bertz CT molecular complexity index is 45.8. The fourth-order valence-corrected chi connectivity index (χ4v) is 0.488. The Labute approximate surface area is 50.2 Å². The van der Waals surface area contributed by atoms with Crippen molar-refractivity contribution < 1.29 is 10.2 Å². The highest BCUT2D eigenvalue weighted by atomic mass is 16.3. The lowest BCUT2D eigenvalue weighted by Gasteiger charge is -2.02. The van der Waals surface area contributed by atoms with E-state index in [9.17, 15) is 0 Å². The molecule has 0 saturated carbocycles. The average Bonchev–Trinajstić information content (AvgIpc) is 1.83. The van der Waals surface area contributed by atoms with Gasteiger partial charge in [-0.1, -0.05) is 19.8 Å². The summed E-state index contributed by atoms with van der Waals surface area (Å²) in [6.07, 6.45) is 2.09. The summed E-state index contributed by atoms with van der Waals surface area (Å²) >= 11 is 0. The van der Waals surface area contributed by atoms with Crippen molar-refractivity contribution in [2.24, 2.45) is 0 Å². The summed E-state index contributed by atoms with van der Waals surface area (Å²) in [7, 11) is 0. The molecule has 0 fully saturated rings. The van der Waals surface area contributed by atoms with Gasteiger partial charge >= 0.3 is 0 Å². The van der Waals surface area contributed by atoms with Crippen LogP contribution < -0.4 is 0 Å². The van der Waals surface area contributed by atoms with Crippen LogP contribution in [0.5, 0.6) is 0 Å². The van der Waals surface area contributed by atoms with E-state index in [1.54, 1.807) is 0 Å². The first kappa shape index (κ1) is 7.92. The van der Waals surface area contributed by atoms with Crippen molar-refractivity contribution in [1.29, 1.82) is 0 Å². The van der Waals surface area contributed by atoms with Crippen molar-refractivity contribution in [1.82, 2.24) is 0 Å². The van der Waals surface area contributed by atoms with E-state index in [4.69, 9.17) is 10.2 Å². The molecular formula is C6H13O2. The van der Waals surface area contributed by atoms with E-state index < -0.39 is 6.10 Å². The van der Waals surface area contributed by atoms with Gasteiger partial charge in [0, 0.05) is 0 Å². The lowest BCUT2D eigenvalue weighted by atomic mass is 10.2. The zero-order chi connectivity index (χ0) is 6.41. The maximum Gasteiger partial charge on any atom is 0.108 e. The predicted octanol–water partition coefficient (Wildman–Crippen LogP) is 1.07. The van der Waals surface area contributed by atoms with Crippen molar-refractivity contribution in [3.05, 3.63) is 6.61 Å². The Kier molecular flexibility index (Phi) is 5.01. The quantitative estimate of drug-likeness (QED) is 0.578. The van der Waals surface area contributed by atoms with Crippen molar-refractivity contribution in [2.45, 2.75) is 32.3 Å². The Morgan fingerprint density at radius 1 is 1.62 bits per heavy atom. The summed E-state index contributed by atoms with van der Waals surface area (Å²) in [6.45, 7) is 2.87. The molecular weight excluding hydrogens is 104 g/mol. The van der Waals surface area contributed by atoms with Crippen LogP contribution in [0.2, 0.25) is 0 Å². The zero-order valence-electron chi connectivity index (χ0n) is 5.17. The molecule has 0 aromatic carbocycles. The molecule has 0 aromatic rings. The first-order valence-electron chi connectivity index (χ1n) is 2.97. The third-order valence-corrected chi connectivity index (χ3v) is 1.03. The third kappa shape index (κ3) is 4.09. The van der Waals surface area contributed by atoms with Crippen molar-refractivity contribution >= 4 is 0 Å². The number of hydrogen-bond acceptors (Lipinski definition) is 2. The molecule has 0 rings (SSSR count). The largest absolute Gasteiger partial charge is 0.390 e. The van der Waals surface area contributed by atoms with Gasteiger partial charge in [-0.15, -0.1) is 0 Å². The Morgan fingerprint density at radius 3 is 2.62 bits per heavy atom. The number of unbranched alkanes of at least 4 members (excludes halogenated alkanes) is 1. The third-order valence-electron chi connectivity index (χ3n) is 1.03. The number of rotatable bonds is 4. The summed E-state index contributed by atoms with van der Waals surface area (Å²) in [5, 5.41) is 16.9. The molecule has 49 valence electrons. The molecule has 0 aliphatic rings. The van der Waals surface area contributed by atoms with Gasteiger partial charge in [-0.05, 0) is 6.42 Å². The molecule has 1 atom stereocenters. The molecule has 1 radical (unpaired) electrons. The molecule has 0 bridgehead atoms. The predicted molar refractivity (Wildman–Crippen MR) is 31.8 cm³/mol. The van der Waals surface area contributed by atoms with E-state index in [2.05, 4.69) is 0 Å². The SMILES string of the molecule is CCCCC(O)[CH]O. The highest BCUT2D eigenvalue weighted by Gasteiger charge is 1.98. The number of hydrogen-bond donors (Lipinski definition) is 2. The normalized spacial score (nSPS) is 13.9. The Balaban J connectivity index is 2.86. The van der Waals surface area contributed by atoms with Crippen LogP contribution in [0.4, 0.5) is 0 Å². The second-order valence-corrected chi connectivity index (χ2v) is 1.86. The molecule has 0 spiro atoms. The van der Waals surface area contributed by atoms with E-state index in [0.29, 0.717) is 6.42 Å². The topological polar surface area (TPSA) is 40.5 Å². The average molecular weight is 117 g/mol. The smallest absolute Gasteiger partial charge is 0.108 e. The molecule has 2 N–H and O–H groups in total. The molecule has 0 amide bonds. The van der Waals surface area contributed by atoms with Gasteiger partial charge in [-0.3, -0.25) is 0 Å². The molecule has 0 aliphatic carbocycles. The van der Waals surface area contributed by atoms with E-state index in [1.807, 2.05) is 6.92 Å². The van der Waals surface area contributed by atoms with Gasteiger partial charge in [0.1, 0.15) is 6.61 Å². The van der Waals surface area contributed by atoms with E-state index in [0.717, 1.165) is 19.4 Å². The fraction of sp³-hybridized carbons (Fsp3) is 0.833. The summed E-state index contributed by atoms with van der Waals surface area (Å²) in [6, 6.07) is 0. The highest BCUT2D eigenvalue weighted by molar-refractivity contribution is 4.61. The van der Waals surface area contributed by atoms with Crippen LogP contribution in [0.25, 0.3) is 0 Å². The molecule has 0 heterocycles. The van der Waals surface area contributed by atoms with Gasteiger partial charge in [-0.25, -0.2) is 0 Å². The minimum absolute atomic E-state index is 0.616. The molecule has 0 aromatic heterocycles. The number of aliphatic hydroxyl groups is 2. The summed E-state index contributed by atoms with van der Waals surface area (Å²) in [4.78, 5) is 0. The van der Waals surface area contributed by atoms with E-state index >= 15 is 0 Å². The molecule has 0 aliphatic heterocycles. The molecule has 8 heavy (non-hydrogen) atoms. The van der Waals surface area contributed by atoms with Crippen LogP contribution in [0, 0.1) is 6.61 Å². The Morgan fingerprint density at radius 2 is 2.25 bits per heavy atom. The van der Waals surface area contributed by atoms with Crippen molar-refractivity contribution in [3.63, 3.8) is 0 Å². The molecule has 0 saturated heterocycles. The van der Waals surface area contributed by atoms with Crippen LogP contribution in [-0.2, 0) is 0 Å². The lowest BCUT2D eigenvalue weighted by Crippen LogP contribution is -2.05. The summed E-state index contributed by atoms with van der Waals surface area (Å²) in [5.74, 6) is 0. The van der Waals surface area contributed by atoms with E-state index in [1.165, 1.54) is 0 Å². The van der Waals surface area contributed by atoms with Crippen LogP contribution in [-0.4, -0.2) is 16.3 Å². The van der Waals surface area contributed by atoms with Crippen molar-refractivity contribution in [2.75, 3.05) is 0 Å². The maximum atomic E-state index is 8.68. The second-order valence-electron chi connectivity index (χ2n) is 1.86. The molecule has 2 heteroatoms. The summed E-state index contributed by atoms with van der Waals surface area (Å²) < 4.78 is 0. The van der Waals surface area contributed by atoms with Crippen LogP contribution in [0.15, 0.2) is 0 Å². The highest BCUT2D eigenvalue weighted by Crippen LogP contribution is 2.00. The minimum atomic E-state index is -0.616. The van der Waals surface area contributed by atoms with Crippen LogP contribution in [0.1, 0.15) is 26.2 Å².